The van der Waals surface area contributed by atoms with Crippen LogP contribution in [0, 0.1) is 10.1 Å². The molecule has 1 aromatic rings. The molecule has 2 N–H and O–H groups in total. The van der Waals surface area contributed by atoms with E-state index in [2.05, 4.69) is 4.98 Å². The fraction of sp³-hybridized carbons (Fsp3) is 0.545. The molecule has 1 aliphatic heterocycles. The first-order valence-corrected chi connectivity index (χ1v) is 6.03. The number of alkyl halides is 3. The van der Waals surface area contributed by atoms with Gasteiger partial charge in [0.2, 0.25) is 0 Å². The van der Waals surface area contributed by atoms with Crippen LogP contribution < -0.4 is 10.6 Å². The lowest BCUT2D eigenvalue weighted by molar-refractivity contribution is -0.384. The molecule has 2 heterocycles. The number of halogens is 3. The first-order chi connectivity index (χ1) is 9.34. The molecule has 2 rings (SSSR count). The van der Waals surface area contributed by atoms with Crippen LogP contribution >= 0.6 is 0 Å². The van der Waals surface area contributed by atoms with Crippen LogP contribution in [0.5, 0.6) is 0 Å². The number of aromatic nitrogens is 1. The van der Waals surface area contributed by atoms with Crippen molar-refractivity contribution in [2.24, 2.45) is 5.73 Å². The number of nitro groups is 1. The summed E-state index contributed by atoms with van der Waals surface area (Å²) in [7, 11) is 0. The van der Waals surface area contributed by atoms with Crippen molar-refractivity contribution in [3.63, 3.8) is 0 Å². The van der Waals surface area contributed by atoms with Gasteiger partial charge >= 0.3 is 11.9 Å². The van der Waals surface area contributed by atoms with Crippen molar-refractivity contribution in [2.75, 3.05) is 18.0 Å². The molecule has 20 heavy (non-hydrogen) atoms. The second-order valence-corrected chi connectivity index (χ2v) is 4.54. The summed E-state index contributed by atoms with van der Waals surface area (Å²) in [6, 6.07) is 0.545. The van der Waals surface area contributed by atoms with Gasteiger partial charge < -0.3 is 10.6 Å². The Labute approximate surface area is 112 Å². The molecule has 1 atom stereocenters. The van der Waals surface area contributed by atoms with E-state index in [-0.39, 0.29) is 18.3 Å². The first kappa shape index (κ1) is 14.5. The van der Waals surface area contributed by atoms with E-state index in [1.807, 2.05) is 0 Å². The maximum Gasteiger partial charge on any atom is 0.433 e. The van der Waals surface area contributed by atoms with Crippen LogP contribution in [-0.4, -0.2) is 29.0 Å². The van der Waals surface area contributed by atoms with Gasteiger partial charge in [-0.15, -0.1) is 0 Å². The number of pyridine rings is 1. The Balaban J connectivity index is 2.50. The van der Waals surface area contributed by atoms with E-state index in [4.69, 9.17) is 5.73 Å². The van der Waals surface area contributed by atoms with Gasteiger partial charge in [-0.3, -0.25) is 10.1 Å². The number of nitrogens with zero attached hydrogens (tertiary/aromatic N) is 3. The first-order valence-electron chi connectivity index (χ1n) is 6.03. The van der Waals surface area contributed by atoms with Crippen LogP contribution in [-0.2, 0) is 6.18 Å². The zero-order valence-corrected chi connectivity index (χ0v) is 10.4. The molecule has 1 saturated heterocycles. The van der Waals surface area contributed by atoms with Crippen LogP contribution in [0.2, 0.25) is 0 Å². The normalized spacial score (nSPS) is 19.4. The van der Waals surface area contributed by atoms with Gasteiger partial charge in [0.15, 0.2) is 0 Å². The Morgan fingerprint density at radius 1 is 1.55 bits per heavy atom. The largest absolute Gasteiger partial charge is 0.433 e. The van der Waals surface area contributed by atoms with E-state index < -0.39 is 22.5 Å². The predicted molar refractivity (Wildman–Crippen MR) is 65.3 cm³/mol. The van der Waals surface area contributed by atoms with E-state index in [1.54, 1.807) is 4.90 Å². The Morgan fingerprint density at radius 3 is 2.80 bits per heavy atom. The SMILES string of the molecule is NCC1CCCN1c1cc(C(F)(F)F)ncc1[N+](=O)[O-]. The molecule has 0 spiro atoms. The molecule has 0 amide bonds. The molecule has 9 heteroatoms. The number of hydrogen-bond acceptors (Lipinski definition) is 5. The topological polar surface area (TPSA) is 85.3 Å². The fourth-order valence-corrected chi connectivity index (χ4v) is 2.36. The highest BCUT2D eigenvalue weighted by molar-refractivity contribution is 5.64. The van der Waals surface area contributed by atoms with Gasteiger partial charge in [0, 0.05) is 19.1 Å². The Kier molecular flexibility index (Phi) is 3.80. The Bertz CT molecular complexity index is 521. The van der Waals surface area contributed by atoms with Gasteiger partial charge in [0.1, 0.15) is 17.6 Å². The van der Waals surface area contributed by atoms with Crippen molar-refractivity contribution >= 4 is 11.4 Å². The minimum atomic E-state index is -4.64. The number of nitrogens with two attached hydrogens (primary N) is 1. The standard InChI is InChI=1S/C11H13F3N4O2/c12-11(13,14)10-4-8(9(6-16-10)18(19)20)17-3-1-2-7(17)5-15/h4,6-7H,1-3,5,15H2. The second-order valence-electron chi connectivity index (χ2n) is 4.54. The van der Waals surface area contributed by atoms with E-state index in [0.29, 0.717) is 19.2 Å². The highest BCUT2D eigenvalue weighted by Crippen LogP contribution is 2.37. The molecule has 1 unspecified atom stereocenters. The van der Waals surface area contributed by atoms with Crippen LogP contribution in [0.25, 0.3) is 0 Å². The molecular weight excluding hydrogens is 277 g/mol. The van der Waals surface area contributed by atoms with Crippen molar-refractivity contribution in [3.05, 3.63) is 28.1 Å². The van der Waals surface area contributed by atoms with E-state index in [1.165, 1.54) is 0 Å². The third-order valence-corrected chi connectivity index (χ3v) is 3.31. The third-order valence-electron chi connectivity index (χ3n) is 3.31. The van der Waals surface area contributed by atoms with Crippen molar-refractivity contribution < 1.29 is 18.1 Å². The zero-order valence-electron chi connectivity index (χ0n) is 10.4. The molecule has 110 valence electrons. The highest BCUT2D eigenvalue weighted by atomic mass is 19.4. The van der Waals surface area contributed by atoms with Gasteiger partial charge in [0.05, 0.1) is 4.92 Å². The van der Waals surface area contributed by atoms with Crippen molar-refractivity contribution in [1.29, 1.82) is 0 Å². The number of anilines is 1. The van der Waals surface area contributed by atoms with E-state index in [0.717, 1.165) is 12.5 Å². The Hall–Kier alpha value is -1.90. The molecule has 6 nitrogen and oxygen atoms in total. The molecule has 0 aromatic carbocycles. The van der Waals surface area contributed by atoms with Crippen molar-refractivity contribution in [2.45, 2.75) is 25.1 Å². The lowest BCUT2D eigenvalue weighted by Gasteiger charge is -2.25. The molecular formula is C11H13F3N4O2. The molecule has 0 aliphatic carbocycles. The molecule has 0 radical (unpaired) electrons. The maximum absolute atomic E-state index is 12.7. The van der Waals surface area contributed by atoms with Gasteiger partial charge in [-0.25, -0.2) is 4.98 Å². The summed E-state index contributed by atoms with van der Waals surface area (Å²) in [6.45, 7) is 0.685. The van der Waals surface area contributed by atoms with Crippen LogP contribution in [0.4, 0.5) is 24.5 Å². The summed E-state index contributed by atoms with van der Waals surface area (Å²) in [5, 5.41) is 11.0. The highest BCUT2D eigenvalue weighted by Gasteiger charge is 2.36. The maximum atomic E-state index is 12.7. The summed E-state index contributed by atoms with van der Waals surface area (Å²) < 4.78 is 38.1. The van der Waals surface area contributed by atoms with E-state index >= 15 is 0 Å². The van der Waals surface area contributed by atoms with Gasteiger partial charge in [-0.05, 0) is 18.9 Å². The monoisotopic (exact) mass is 290 g/mol. The second kappa shape index (κ2) is 5.23. The molecule has 0 bridgehead atoms. The summed E-state index contributed by atoms with van der Waals surface area (Å²) >= 11 is 0. The van der Waals surface area contributed by atoms with Crippen LogP contribution in [0.1, 0.15) is 18.5 Å². The van der Waals surface area contributed by atoms with Gasteiger partial charge in [0.25, 0.3) is 0 Å². The van der Waals surface area contributed by atoms with Crippen LogP contribution in [0.3, 0.4) is 0 Å². The molecule has 1 aliphatic rings. The molecule has 1 fully saturated rings. The molecule has 0 saturated carbocycles. The summed E-state index contributed by atoms with van der Waals surface area (Å²) in [4.78, 5) is 14.9. The fourth-order valence-electron chi connectivity index (χ4n) is 2.36. The third kappa shape index (κ3) is 2.67. The quantitative estimate of drug-likeness (QED) is 0.679. The van der Waals surface area contributed by atoms with E-state index in [9.17, 15) is 23.3 Å². The Morgan fingerprint density at radius 2 is 2.25 bits per heavy atom. The minimum Gasteiger partial charge on any atom is -0.362 e. The zero-order chi connectivity index (χ0) is 14.9. The van der Waals surface area contributed by atoms with Gasteiger partial charge in [-0.1, -0.05) is 0 Å². The minimum absolute atomic E-state index is 0.0646. The summed E-state index contributed by atoms with van der Waals surface area (Å²) in [6.07, 6.45) is -2.54. The van der Waals surface area contributed by atoms with Gasteiger partial charge in [-0.2, -0.15) is 13.2 Å². The summed E-state index contributed by atoms with van der Waals surface area (Å²) in [5.41, 5.74) is 3.93. The average molecular weight is 290 g/mol. The summed E-state index contributed by atoms with van der Waals surface area (Å²) in [5.74, 6) is 0. The lowest BCUT2D eigenvalue weighted by Crippen LogP contribution is -2.36. The average Bonchev–Trinajstić information content (AvgIpc) is 2.84. The smallest absolute Gasteiger partial charge is 0.362 e. The van der Waals surface area contributed by atoms with Crippen LogP contribution in [0.15, 0.2) is 12.3 Å². The lowest BCUT2D eigenvalue weighted by atomic mass is 10.2. The predicted octanol–water partition coefficient (Wildman–Crippen LogP) is 1.94. The molecule has 1 aromatic heterocycles. The number of rotatable bonds is 3. The van der Waals surface area contributed by atoms with Crippen molar-refractivity contribution in [3.8, 4) is 0 Å². The van der Waals surface area contributed by atoms with Crippen molar-refractivity contribution in [1.82, 2.24) is 4.98 Å². The number of hydrogen-bond donors (Lipinski definition) is 1.